The topological polar surface area (TPSA) is 47.0 Å². The Hall–Kier alpha value is -1.16. The van der Waals surface area contributed by atoms with E-state index >= 15 is 0 Å². The molecular formula is C15H25N3O. The second kappa shape index (κ2) is 6.85. The summed E-state index contributed by atoms with van der Waals surface area (Å²) in [7, 11) is 0. The molecule has 1 saturated heterocycles. The molecule has 4 heteroatoms. The molecule has 2 heterocycles. The Kier molecular flexibility index (Phi) is 5.14. The number of aryl methyl sites for hydroxylation is 1. The van der Waals surface area contributed by atoms with Crippen LogP contribution in [0.2, 0.25) is 0 Å². The van der Waals surface area contributed by atoms with Crippen molar-refractivity contribution in [2.75, 3.05) is 19.7 Å². The first kappa shape index (κ1) is 14.3. The van der Waals surface area contributed by atoms with Gasteiger partial charge in [0.1, 0.15) is 0 Å². The molecule has 1 unspecified atom stereocenters. The Morgan fingerprint density at radius 1 is 1.42 bits per heavy atom. The zero-order chi connectivity index (χ0) is 13.7. The molecule has 0 aliphatic carbocycles. The quantitative estimate of drug-likeness (QED) is 0.887. The van der Waals surface area contributed by atoms with Gasteiger partial charge in [0.25, 0.3) is 0 Å². The number of nitrogens with zero attached hydrogens (tertiary/aromatic N) is 2. The van der Waals surface area contributed by atoms with E-state index in [1.807, 2.05) is 13.0 Å². The molecule has 1 N–H and O–H groups in total. The third-order valence-corrected chi connectivity index (χ3v) is 3.60. The van der Waals surface area contributed by atoms with Crippen molar-refractivity contribution in [3.8, 4) is 6.01 Å². The van der Waals surface area contributed by atoms with Crippen LogP contribution < -0.4 is 10.1 Å². The maximum atomic E-state index is 5.73. The highest BCUT2D eigenvalue weighted by atomic mass is 16.5. The first-order valence-electron chi connectivity index (χ1n) is 7.34. The van der Waals surface area contributed by atoms with E-state index in [4.69, 9.17) is 4.74 Å². The molecule has 1 aromatic heterocycles. The highest BCUT2D eigenvalue weighted by Gasteiger charge is 2.13. The molecule has 1 fully saturated rings. The minimum Gasteiger partial charge on any atom is -0.463 e. The summed E-state index contributed by atoms with van der Waals surface area (Å²) in [6, 6.07) is 2.57. The largest absolute Gasteiger partial charge is 0.463 e. The Morgan fingerprint density at radius 3 is 2.95 bits per heavy atom. The Morgan fingerprint density at radius 2 is 2.26 bits per heavy atom. The summed E-state index contributed by atoms with van der Waals surface area (Å²) in [5.74, 6) is 1.15. The van der Waals surface area contributed by atoms with Crippen LogP contribution in [-0.4, -0.2) is 29.7 Å². The van der Waals surface area contributed by atoms with Crippen molar-refractivity contribution in [3.63, 3.8) is 0 Å². The fourth-order valence-corrected chi connectivity index (χ4v) is 2.41. The average Bonchev–Trinajstić information content (AvgIpc) is 2.39. The molecule has 0 radical (unpaired) electrons. The predicted molar refractivity (Wildman–Crippen MR) is 76.6 cm³/mol. The summed E-state index contributed by atoms with van der Waals surface area (Å²) in [5.41, 5.74) is 2.04. The Labute approximate surface area is 116 Å². The lowest BCUT2D eigenvalue weighted by atomic mass is 9.97. The van der Waals surface area contributed by atoms with Crippen LogP contribution in [0.4, 0.5) is 0 Å². The second-order valence-electron chi connectivity index (χ2n) is 5.72. The van der Waals surface area contributed by atoms with Gasteiger partial charge in [0.05, 0.1) is 12.3 Å². The van der Waals surface area contributed by atoms with Gasteiger partial charge in [0.15, 0.2) is 0 Å². The summed E-state index contributed by atoms with van der Waals surface area (Å²) in [6.45, 7) is 9.27. The third-order valence-electron chi connectivity index (χ3n) is 3.60. The van der Waals surface area contributed by atoms with Crippen LogP contribution in [0.1, 0.15) is 50.4 Å². The van der Waals surface area contributed by atoms with Gasteiger partial charge in [-0.15, -0.1) is 0 Å². The van der Waals surface area contributed by atoms with E-state index in [1.54, 1.807) is 0 Å². The van der Waals surface area contributed by atoms with Crippen LogP contribution in [-0.2, 0) is 0 Å². The zero-order valence-corrected chi connectivity index (χ0v) is 12.3. The lowest BCUT2D eigenvalue weighted by molar-refractivity contribution is 0.239. The Bertz CT molecular complexity index is 400. The van der Waals surface area contributed by atoms with E-state index in [-0.39, 0.29) is 0 Å². The highest BCUT2D eigenvalue weighted by Crippen LogP contribution is 2.17. The van der Waals surface area contributed by atoms with Gasteiger partial charge >= 0.3 is 6.01 Å². The number of rotatable bonds is 5. The van der Waals surface area contributed by atoms with E-state index < -0.39 is 0 Å². The smallest absolute Gasteiger partial charge is 0.316 e. The summed E-state index contributed by atoms with van der Waals surface area (Å²) < 4.78 is 5.73. The molecule has 1 aliphatic rings. The van der Waals surface area contributed by atoms with E-state index in [2.05, 4.69) is 29.1 Å². The molecule has 0 aromatic carbocycles. The van der Waals surface area contributed by atoms with E-state index in [0.717, 1.165) is 36.8 Å². The molecule has 4 nitrogen and oxygen atoms in total. The molecule has 0 saturated carbocycles. The predicted octanol–water partition coefficient (Wildman–Crippen LogP) is 2.68. The van der Waals surface area contributed by atoms with Crippen molar-refractivity contribution in [1.29, 1.82) is 0 Å². The molecule has 0 bridgehead atoms. The molecule has 0 spiro atoms. The van der Waals surface area contributed by atoms with Crippen LogP contribution in [0.5, 0.6) is 6.01 Å². The minimum absolute atomic E-state index is 0.409. The van der Waals surface area contributed by atoms with Gasteiger partial charge in [-0.25, -0.2) is 4.98 Å². The minimum atomic E-state index is 0.409. The number of hydrogen-bond acceptors (Lipinski definition) is 4. The second-order valence-corrected chi connectivity index (χ2v) is 5.72. The third kappa shape index (κ3) is 4.46. The van der Waals surface area contributed by atoms with Crippen LogP contribution in [0.3, 0.4) is 0 Å². The van der Waals surface area contributed by atoms with Crippen molar-refractivity contribution >= 4 is 0 Å². The summed E-state index contributed by atoms with van der Waals surface area (Å²) in [5, 5.41) is 3.43. The first-order valence-corrected chi connectivity index (χ1v) is 7.34. The lowest BCUT2D eigenvalue weighted by Gasteiger charge is -2.22. The summed E-state index contributed by atoms with van der Waals surface area (Å²) in [6.07, 6.45) is 3.67. The number of hydrogen-bond donors (Lipinski definition) is 1. The number of aromatic nitrogens is 2. The van der Waals surface area contributed by atoms with Crippen LogP contribution in [0.25, 0.3) is 0 Å². The van der Waals surface area contributed by atoms with Gasteiger partial charge in [0, 0.05) is 5.69 Å². The fraction of sp³-hybridized carbons (Fsp3) is 0.733. The van der Waals surface area contributed by atoms with E-state index in [1.165, 1.54) is 12.8 Å². The van der Waals surface area contributed by atoms with Gasteiger partial charge in [-0.2, -0.15) is 4.98 Å². The number of ether oxygens (including phenoxy) is 1. The lowest BCUT2D eigenvalue weighted by Crippen LogP contribution is -2.30. The van der Waals surface area contributed by atoms with E-state index in [0.29, 0.717) is 18.5 Å². The van der Waals surface area contributed by atoms with Crippen LogP contribution in [0.15, 0.2) is 6.07 Å². The van der Waals surface area contributed by atoms with Gasteiger partial charge < -0.3 is 10.1 Å². The molecule has 1 aliphatic heterocycles. The van der Waals surface area contributed by atoms with Crippen LogP contribution in [0, 0.1) is 12.8 Å². The molecule has 19 heavy (non-hydrogen) atoms. The SMILES string of the molecule is Cc1cc(C(C)C)nc(OCCC2CCCNC2)n1. The van der Waals surface area contributed by atoms with Gasteiger partial charge in [-0.1, -0.05) is 13.8 Å². The first-order chi connectivity index (χ1) is 9.15. The van der Waals surface area contributed by atoms with E-state index in [9.17, 15) is 0 Å². The molecule has 0 amide bonds. The van der Waals surface area contributed by atoms with Gasteiger partial charge in [-0.3, -0.25) is 0 Å². The maximum Gasteiger partial charge on any atom is 0.316 e. The summed E-state index contributed by atoms with van der Waals surface area (Å²) in [4.78, 5) is 8.82. The van der Waals surface area contributed by atoms with Crippen molar-refractivity contribution < 1.29 is 4.74 Å². The maximum absolute atomic E-state index is 5.73. The molecule has 2 rings (SSSR count). The number of piperidine rings is 1. The summed E-state index contributed by atoms with van der Waals surface area (Å²) >= 11 is 0. The van der Waals surface area contributed by atoms with Gasteiger partial charge in [0.2, 0.25) is 0 Å². The molecule has 1 aromatic rings. The monoisotopic (exact) mass is 263 g/mol. The van der Waals surface area contributed by atoms with Crippen molar-refractivity contribution in [3.05, 3.63) is 17.5 Å². The van der Waals surface area contributed by atoms with Crippen molar-refractivity contribution in [2.24, 2.45) is 5.92 Å². The zero-order valence-electron chi connectivity index (χ0n) is 12.3. The van der Waals surface area contributed by atoms with Crippen LogP contribution >= 0.6 is 0 Å². The molecule has 1 atom stereocenters. The van der Waals surface area contributed by atoms with Crippen molar-refractivity contribution in [1.82, 2.24) is 15.3 Å². The molecule has 106 valence electrons. The van der Waals surface area contributed by atoms with Crippen molar-refractivity contribution in [2.45, 2.75) is 46.0 Å². The number of nitrogens with one attached hydrogen (secondary N) is 1. The normalized spacial score (nSPS) is 19.7. The standard InChI is InChI=1S/C15H25N3O/c1-11(2)14-9-12(3)17-15(18-14)19-8-6-13-5-4-7-16-10-13/h9,11,13,16H,4-8,10H2,1-3H3. The highest BCUT2D eigenvalue weighted by molar-refractivity contribution is 5.15. The average molecular weight is 263 g/mol. The molecular weight excluding hydrogens is 238 g/mol. The fourth-order valence-electron chi connectivity index (χ4n) is 2.41. The van der Waals surface area contributed by atoms with Gasteiger partial charge in [-0.05, 0) is 57.2 Å². The Balaban J connectivity index is 1.84.